The first-order valence-electron chi connectivity index (χ1n) is 5.73. The van der Waals surface area contributed by atoms with Crippen molar-refractivity contribution in [3.05, 3.63) is 23.7 Å². The minimum Gasteiger partial charge on any atom is -0.478 e. The highest BCUT2D eigenvalue weighted by atomic mass is 16.5. The van der Waals surface area contributed by atoms with Crippen LogP contribution in [0.1, 0.15) is 30.0 Å². The third-order valence-electron chi connectivity index (χ3n) is 2.78. The summed E-state index contributed by atoms with van der Waals surface area (Å²) in [5.74, 6) is -0.271. The summed E-state index contributed by atoms with van der Waals surface area (Å²) in [5, 5.41) is 8.79. The third-order valence-corrected chi connectivity index (χ3v) is 2.78. The van der Waals surface area contributed by atoms with E-state index in [4.69, 9.17) is 14.3 Å². The second-order valence-corrected chi connectivity index (χ2v) is 4.56. The first-order chi connectivity index (χ1) is 8.04. The van der Waals surface area contributed by atoms with E-state index in [1.807, 2.05) is 13.8 Å². The highest BCUT2D eigenvalue weighted by molar-refractivity contribution is 5.87. The van der Waals surface area contributed by atoms with Crippen LogP contribution in [-0.2, 0) is 11.3 Å². The van der Waals surface area contributed by atoms with Gasteiger partial charge in [0.25, 0.3) is 0 Å². The molecule has 1 aliphatic heterocycles. The smallest absolute Gasteiger partial charge is 0.338 e. The molecule has 17 heavy (non-hydrogen) atoms. The molecular formula is C12H17NO4. The van der Waals surface area contributed by atoms with Gasteiger partial charge < -0.3 is 14.3 Å². The molecule has 1 aromatic heterocycles. The maximum absolute atomic E-state index is 10.7. The number of furan rings is 1. The van der Waals surface area contributed by atoms with Gasteiger partial charge in [-0.25, -0.2) is 4.79 Å². The van der Waals surface area contributed by atoms with Crippen LogP contribution in [0.4, 0.5) is 0 Å². The molecule has 5 heteroatoms. The summed E-state index contributed by atoms with van der Waals surface area (Å²) in [5.41, 5.74) is 0.203. The van der Waals surface area contributed by atoms with Gasteiger partial charge in [-0.2, -0.15) is 0 Å². The highest BCUT2D eigenvalue weighted by Crippen LogP contribution is 2.16. The van der Waals surface area contributed by atoms with E-state index in [1.54, 1.807) is 6.07 Å². The Morgan fingerprint density at radius 3 is 2.65 bits per heavy atom. The molecule has 0 saturated carbocycles. The summed E-state index contributed by atoms with van der Waals surface area (Å²) in [4.78, 5) is 12.9. The van der Waals surface area contributed by atoms with Crippen molar-refractivity contribution in [2.45, 2.75) is 32.6 Å². The Kier molecular flexibility index (Phi) is 3.49. The average molecular weight is 239 g/mol. The third kappa shape index (κ3) is 3.08. The largest absolute Gasteiger partial charge is 0.478 e. The molecular weight excluding hydrogens is 222 g/mol. The van der Waals surface area contributed by atoms with Gasteiger partial charge in [-0.3, -0.25) is 4.90 Å². The fourth-order valence-electron chi connectivity index (χ4n) is 2.21. The summed E-state index contributed by atoms with van der Waals surface area (Å²) < 4.78 is 10.9. The van der Waals surface area contributed by atoms with Crippen molar-refractivity contribution in [2.75, 3.05) is 13.1 Å². The second kappa shape index (κ2) is 4.89. The van der Waals surface area contributed by atoms with Crippen LogP contribution in [0.5, 0.6) is 0 Å². The van der Waals surface area contributed by atoms with Crippen molar-refractivity contribution < 1.29 is 19.1 Å². The quantitative estimate of drug-likeness (QED) is 0.867. The monoisotopic (exact) mass is 239 g/mol. The summed E-state index contributed by atoms with van der Waals surface area (Å²) in [6.07, 6.45) is 1.69. The topological polar surface area (TPSA) is 62.9 Å². The average Bonchev–Trinajstić information content (AvgIpc) is 2.64. The van der Waals surface area contributed by atoms with Gasteiger partial charge in [0.2, 0.25) is 0 Å². The van der Waals surface area contributed by atoms with E-state index >= 15 is 0 Å². The lowest BCUT2D eigenvalue weighted by molar-refractivity contribution is -0.0718. The first kappa shape index (κ1) is 12.1. The molecule has 2 heterocycles. The van der Waals surface area contributed by atoms with Crippen LogP contribution in [0.3, 0.4) is 0 Å². The number of carboxylic acid groups (broad SMARTS) is 1. The summed E-state index contributed by atoms with van der Waals surface area (Å²) in [6, 6.07) is 1.58. The Balaban J connectivity index is 1.97. The molecule has 94 valence electrons. The van der Waals surface area contributed by atoms with Crippen molar-refractivity contribution in [1.29, 1.82) is 0 Å². The Morgan fingerprint density at radius 1 is 1.47 bits per heavy atom. The fraction of sp³-hybridized carbons (Fsp3) is 0.583. The van der Waals surface area contributed by atoms with E-state index in [2.05, 4.69) is 4.90 Å². The van der Waals surface area contributed by atoms with Crippen LogP contribution < -0.4 is 0 Å². The van der Waals surface area contributed by atoms with E-state index < -0.39 is 5.97 Å². The molecule has 1 N–H and O–H groups in total. The highest BCUT2D eigenvalue weighted by Gasteiger charge is 2.23. The number of morpholine rings is 1. The molecule has 0 amide bonds. The van der Waals surface area contributed by atoms with Crippen LogP contribution >= 0.6 is 0 Å². The molecule has 2 rings (SSSR count). The normalized spacial score (nSPS) is 26.0. The van der Waals surface area contributed by atoms with E-state index in [0.29, 0.717) is 12.3 Å². The number of hydrogen-bond acceptors (Lipinski definition) is 4. The minimum atomic E-state index is -0.955. The van der Waals surface area contributed by atoms with E-state index in [0.717, 1.165) is 13.1 Å². The van der Waals surface area contributed by atoms with Gasteiger partial charge in [-0.05, 0) is 19.9 Å². The molecule has 0 radical (unpaired) electrons. The summed E-state index contributed by atoms with van der Waals surface area (Å²) >= 11 is 0. The van der Waals surface area contributed by atoms with Crippen LogP contribution in [0.25, 0.3) is 0 Å². The van der Waals surface area contributed by atoms with Gasteiger partial charge in [0.15, 0.2) is 0 Å². The van der Waals surface area contributed by atoms with Gasteiger partial charge in [-0.15, -0.1) is 0 Å². The van der Waals surface area contributed by atoms with E-state index in [-0.39, 0.29) is 17.8 Å². The van der Waals surface area contributed by atoms with Crippen molar-refractivity contribution in [3.63, 3.8) is 0 Å². The number of rotatable bonds is 3. The molecule has 2 atom stereocenters. The predicted octanol–water partition coefficient (Wildman–Crippen LogP) is 1.59. The number of aromatic carboxylic acids is 1. The Morgan fingerprint density at radius 2 is 2.12 bits per heavy atom. The standard InChI is InChI=1S/C12H17NO4/c1-8-4-13(5-9(2)17-8)6-11-3-10(7-16-11)12(14)15/h3,7-9H,4-6H2,1-2H3,(H,14,15). The molecule has 1 fully saturated rings. The van der Waals surface area contributed by atoms with Gasteiger partial charge >= 0.3 is 5.97 Å². The lowest BCUT2D eigenvalue weighted by Crippen LogP contribution is -2.44. The lowest BCUT2D eigenvalue weighted by Gasteiger charge is -2.34. The molecule has 5 nitrogen and oxygen atoms in total. The molecule has 1 aromatic rings. The number of carboxylic acids is 1. The fourth-order valence-corrected chi connectivity index (χ4v) is 2.21. The summed E-state index contributed by atoms with van der Waals surface area (Å²) in [7, 11) is 0. The maximum atomic E-state index is 10.7. The van der Waals surface area contributed by atoms with E-state index in [9.17, 15) is 4.79 Å². The molecule has 1 aliphatic rings. The first-order valence-corrected chi connectivity index (χ1v) is 5.73. The Bertz CT molecular complexity index is 391. The molecule has 1 saturated heterocycles. The molecule has 2 unspecified atom stereocenters. The van der Waals surface area contributed by atoms with E-state index in [1.165, 1.54) is 6.26 Å². The maximum Gasteiger partial charge on any atom is 0.338 e. The van der Waals surface area contributed by atoms with Gasteiger partial charge in [0, 0.05) is 13.1 Å². The van der Waals surface area contributed by atoms with Crippen LogP contribution in [-0.4, -0.2) is 41.3 Å². The number of ether oxygens (including phenoxy) is 1. The van der Waals surface area contributed by atoms with Crippen LogP contribution in [0, 0.1) is 0 Å². The molecule has 0 bridgehead atoms. The van der Waals surface area contributed by atoms with Gasteiger partial charge in [-0.1, -0.05) is 0 Å². The Hall–Kier alpha value is -1.33. The zero-order valence-electron chi connectivity index (χ0n) is 10.0. The number of nitrogens with zero attached hydrogens (tertiary/aromatic N) is 1. The van der Waals surface area contributed by atoms with Crippen molar-refractivity contribution in [3.8, 4) is 0 Å². The summed E-state index contributed by atoms with van der Waals surface area (Å²) in [6.45, 7) is 6.38. The lowest BCUT2D eigenvalue weighted by atomic mass is 10.2. The number of hydrogen-bond donors (Lipinski definition) is 1. The van der Waals surface area contributed by atoms with Gasteiger partial charge in [0.05, 0.1) is 24.3 Å². The van der Waals surface area contributed by atoms with Crippen molar-refractivity contribution in [1.82, 2.24) is 4.90 Å². The zero-order valence-corrected chi connectivity index (χ0v) is 10.0. The zero-order chi connectivity index (χ0) is 12.4. The SMILES string of the molecule is CC1CN(Cc2cc(C(=O)O)co2)CC(C)O1. The Labute approximate surface area is 100.0 Å². The van der Waals surface area contributed by atoms with Crippen LogP contribution in [0.2, 0.25) is 0 Å². The van der Waals surface area contributed by atoms with Crippen molar-refractivity contribution in [2.24, 2.45) is 0 Å². The number of carbonyl (C=O) groups is 1. The molecule has 0 aromatic carbocycles. The molecule has 0 spiro atoms. The van der Waals surface area contributed by atoms with Crippen molar-refractivity contribution >= 4 is 5.97 Å². The van der Waals surface area contributed by atoms with Crippen LogP contribution in [0.15, 0.2) is 16.7 Å². The second-order valence-electron chi connectivity index (χ2n) is 4.56. The molecule has 0 aliphatic carbocycles. The predicted molar refractivity (Wildman–Crippen MR) is 61.0 cm³/mol. The van der Waals surface area contributed by atoms with Gasteiger partial charge in [0.1, 0.15) is 12.0 Å². The minimum absolute atomic E-state index is 0.202.